The number of nitrogens with zero attached hydrogens (tertiary/aromatic N) is 10. The lowest BCUT2D eigenvalue weighted by Gasteiger charge is -2.37. The van der Waals surface area contributed by atoms with Gasteiger partial charge >= 0.3 is 30.9 Å². The van der Waals surface area contributed by atoms with E-state index in [1.807, 2.05) is 64.1 Å². The van der Waals surface area contributed by atoms with E-state index in [1.54, 1.807) is 24.3 Å². The zero-order chi connectivity index (χ0) is 48.6. The summed E-state index contributed by atoms with van der Waals surface area (Å²) in [7, 11) is -0.385. The quantitative estimate of drug-likeness (QED) is 0.104. The van der Waals surface area contributed by atoms with E-state index in [9.17, 15) is 35.9 Å². The highest BCUT2D eigenvalue weighted by atomic mass is 79.9. The number of halogens is 7. The second-order valence-electron chi connectivity index (χ2n) is 17.7. The Kier molecular flexibility index (Phi) is 16.1. The van der Waals surface area contributed by atoms with Crippen molar-refractivity contribution < 1.29 is 35.7 Å². The summed E-state index contributed by atoms with van der Waals surface area (Å²) in [5.74, 6) is 0. The van der Waals surface area contributed by atoms with Gasteiger partial charge in [0.15, 0.2) is 0 Å². The van der Waals surface area contributed by atoms with E-state index in [0.29, 0.717) is 20.7 Å². The Bertz CT molecular complexity index is 2750. The molecular formula is C48H58BBrF6N10O4. The van der Waals surface area contributed by atoms with Crippen molar-refractivity contribution in [2.45, 2.75) is 79.2 Å². The van der Waals surface area contributed by atoms with Crippen LogP contribution in [0.25, 0.3) is 11.4 Å². The van der Waals surface area contributed by atoms with Crippen molar-refractivity contribution in [3.63, 3.8) is 0 Å². The predicted molar refractivity (Wildman–Crippen MR) is 266 cm³/mol. The molecule has 2 aromatic heterocycles. The predicted octanol–water partition coefficient (Wildman–Crippen LogP) is 8.18. The van der Waals surface area contributed by atoms with E-state index in [1.165, 1.54) is 5.69 Å². The number of rotatable bonds is 9. The number of aromatic nitrogens is 6. The van der Waals surface area contributed by atoms with Gasteiger partial charge in [-0.2, -0.15) is 36.5 Å². The van der Waals surface area contributed by atoms with E-state index >= 15 is 0 Å². The van der Waals surface area contributed by atoms with Crippen molar-refractivity contribution in [3.8, 4) is 11.4 Å². The SMILES string of the molecule is C.C.CC1(C)OB(c2ccc(N3CCN(c4ccc(-n5cnn(CC(F)(F)F)c5=O)cc4)CC3)cc2)OC1(C)C.O=c1n(-c2ccc(N3CCN(c4ccc(Br)cc4)CC3)cc2)cnn1CC(F)(F)F. The van der Waals surface area contributed by atoms with Gasteiger partial charge in [0.05, 0.1) is 22.6 Å². The molecule has 3 aliphatic heterocycles. The molecule has 0 radical (unpaired) electrons. The summed E-state index contributed by atoms with van der Waals surface area (Å²) in [5, 5.41) is 7.15. The van der Waals surface area contributed by atoms with Crippen LogP contribution in [-0.4, -0.2) is 112 Å². The Hall–Kier alpha value is -6.00. The standard InChI is InChI=1S/C26H31BF3N5O3.C20H19BrF3N5O.2CH4/c1-24(2)25(3,4)38-27(37-24)19-5-7-20(8-6-19)32-13-15-33(16-14-32)21-9-11-22(12-10-21)34-18-31-35(23(34)36)17-26(28,29)30;21-15-1-3-16(4-2-15)26-9-11-27(12-10-26)17-5-7-18(8-6-17)28-14-25-29(19(28)30)13-20(22,23)24;;/h5-12,18H,13-17H2,1-4H3;1-8,14H,9-13H2;2*1H4. The van der Waals surface area contributed by atoms with E-state index in [4.69, 9.17) is 9.31 Å². The molecule has 376 valence electrons. The summed E-state index contributed by atoms with van der Waals surface area (Å²) < 4.78 is 91.9. The highest BCUT2D eigenvalue weighted by Gasteiger charge is 2.51. The summed E-state index contributed by atoms with van der Waals surface area (Å²) >= 11 is 3.45. The van der Waals surface area contributed by atoms with Crippen molar-refractivity contribution in [3.05, 3.63) is 135 Å². The first-order chi connectivity index (χ1) is 32.1. The Morgan fingerprint density at radius 1 is 0.500 bits per heavy atom. The zero-order valence-corrected chi connectivity index (χ0v) is 39.4. The van der Waals surface area contributed by atoms with Crippen LogP contribution in [0, 0.1) is 0 Å². The Labute approximate surface area is 411 Å². The molecular weight excluding hydrogens is 985 g/mol. The molecule has 0 bridgehead atoms. The fourth-order valence-corrected chi connectivity index (χ4v) is 8.42. The van der Waals surface area contributed by atoms with Gasteiger partial charge in [0.1, 0.15) is 25.7 Å². The highest BCUT2D eigenvalue weighted by Crippen LogP contribution is 2.37. The third-order valence-electron chi connectivity index (χ3n) is 12.6. The van der Waals surface area contributed by atoms with Crippen LogP contribution in [-0.2, 0) is 22.4 Å². The minimum absolute atomic E-state index is 0. The zero-order valence-electron chi connectivity index (χ0n) is 37.8. The summed E-state index contributed by atoms with van der Waals surface area (Å²) in [5.41, 5.74) is 3.85. The van der Waals surface area contributed by atoms with Crippen LogP contribution in [0.4, 0.5) is 49.1 Å². The third kappa shape index (κ3) is 12.3. The van der Waals surface area contributed by atoms with Gasteiger partial charge < -0.3 is 28.9 Å². The van der Waals surface area contributed by atoms with Crippen molar-refractivity contribution >= 4 is 51.3 Å². The first-order valence-corrected chi connectivity index (χ1v) is 22.8. The van der Waals surface area contributed by atoms with Gasteiger partial charge in [0.25, 0.3) is 0 Å². The lowest BCUT2D eigenvalue weighted by atomic mass is 9.79. The van der Waals surface area contributed by atoms with Crippen LogP contribution < -0.4 is 36.4 Å². The maximum Gasteiger partial charge on any atom is 0.494 e. The lowest BCUT2D eigenvalue weighted by Crippen LogP contribution is -2.46. The molecule has 6 aromatic rings. The highest BCUT2D eigenvalue weighted by molar-refractivity contribution is 9.10. The van der Waals surface area contributed by atoms with Crippen LogP contribution in [0.3, 0.4) is 0 Å². The second-order valence-corrected chi connectivity index (χ2v) is 18.7. The average Bonchev–Trinajstić information content (AvgIpc) is 3.92. The Balaban J connectivity index is 0.000000229. The minimum Gasteiger partial charge on any atom is -0.399 e. The summed E-state index contributed by atoms with van der Waals surface area (Å²) in [4.78, 5) is 33.6. The molecule has 0 atom stereocenters. The van der Waals surface area contributed by atoms with Crippen LogP contribution >= 0.6 is 15.9 Å². The fourth-order valence-electron chi connectivity index (χ4n) is 8.15. The van der Waals surface area contributed by atoms with Crippen molar-refractivity contribution in [1.29, 1.82) is 0 Å². The van der Waals surface area contributed by atoms with Gasteiger partial charge in [0, 0.05) is 79.6 Å². The minimum atomic E-state index is -4.51. The van der Waals surface area contributed by atoms with Gasteiger partial charge in [-0.1, -0.05) is 42.9 Å². The lowest BCUT2D eigenvalue weighted by molar-refractivity contribution is -0.144. The molecule has 0 N–H and O–H groups in total. The smallest absolute Gasteiger partial charge is 0.399 e. The third-order valence-corrected chi connectivity index (χ3v) is 13.2. The van der Waals surface area contributed by atoms with Gasteiger partial charge in [-0.3, -0.25) is 0 Å². The van der Waals surface area contributed by atoms with Crippen LogP contribution in [0.5, 0.6) is 0 Å². The number of benzene rings is 4. The molecule has 0 spiro atoms. The molecule has 22 heteroatoms. The molecule has 0 amide bonds. The molecule has 70 heavy (non-hydrogen) atoms. The number of hydrogen-bond donors (Lipinski definition) is 0. The molecule has 3 fully saturated rings. The number of anilines is 4. The van der Waals surface area contributed by atoms with Gasteiger partial charge in [-0.15, -0.1) is 0 Å². The maximum atomic E-state index is 12.6. The van der Waals surface area contributed by atoms with E-state index in [0.717, 1.165) is 101 Å². The van der Waals surface area contributed by atoms with Crippen molar-refractivity contribution in [2.24, 2.45) is 0 Å². The molecule has 4 aromatic carbocycles. The summed E-state index contributed by atoms with van der Waals surface area (Å²) in [6.45, 7) is 12.1. The van der Waals surface area contributed by atoms with E-state index in [-0.39, 0.29) is 33.2 Å². The number of piperazine rings is 2. The average molecular weight is 1040 g/mol. The molecule has 9 rings (SSSR count). The topological polar surface area (TPSA) is 111 Å². The molecule has 0 unspecified atom stereocenters. The van der Waals surface area contributed by atoms with E-state index < -0.39 is 36.8 Å². The first-order valence-electron chi connectivity index (χ1n) is 22.0. The largest absolute Gasteiger partial charge is 0.494 e. The second kappa shape index (κ2) is 21.2. The molecule has 3 saturated heterocycles. The number of alkyl halides is 6. The normalized spacial score (nSPS) is 16.9. The molecule has 14 nitrogen and oxygen atoms in total. The van der Waals surface area contributed by atoms with Crippen molar-refractivity contribution in [1.82, 2.24) is 28.7 Å². The molecule has 0 aliphatic carbocycles. The summed E-state index contributed by atoms with van der Waals surface area (Å²) in [6.07, 6.45) is -6.78. The molecule has 3 aliphatic rings. The Morgan fingerprint density at radius 3 is 1.07 bits per heavy atom. The van der Waals surface area contributed by atoms with Crippen LogP contribution in [0.15, 0.2) is 124 Å². The maximum absolute atomic E-state index is 12.6. The van der Waals surface area contributed by atoms with Crippen LogP contribution in [0.2, 0.25) is 0 Å². The fraction of sp³-hybridized carbons (Fsp3) is 0.417. The Morgan fingerprint density at radius 2 is 0.771 bits per heavy atom. The van der Waals surface area contributed by atoms with Gasteiger partial charge in [-0.05, 0) is 118 Å². The van der Waals surface area contributed by atoms with Crippen molar-refractivity contribution in [2.75, 3.05) is 72.0 Å². The first kappa shape index (κ1) is 53.4. The van der Waals surface area contributed by atoms with E-state index in [2.05, 4.69) is 82.1 Å². The number of hydrogen-bond acceptors (Lipinski definition) is 10. The monoisotopic (exact) mass is 1040 g/mol. The molecule has 0 saturated carbocycles. The van der Waals surface area contributed by atoms with Crippen LogP contribution in [0.1, 0.15) is 42.5 Å². The summed E-state index contributed by atoms with van der Waals surface area (Å²) in [6, 6.07) is 30.9. The van der Waals surface area contributed by atoms with Gasteiger partial charge in [0.2, 0.25) is 0 Å². The molecule has 5 heterocycles. The van der Waals surface area contributed by atoms with Gasteiger partial charge in [-0.25, -0.2) is 28.1 Å².